The van der Waals surface area contributed by atoms with Gasteiger partial charge >= 0.3 is 6.09 Å². The lowest BCUT2D eigenvalue weighted by Crippen LogP contribution is -2.38. The van der Waals surface area contributed by atoms with Crippen LogP contribution in [0, 0.1) is 11.3 Å². The van der Waals surface area contributed by atoms with Gasteiger partial charge in [-0.1, -0.05) is 0 Å². The van der Waals surface area contributed by atoms with Gasteiger partial charge in [0.2, 0.25) is 5.88 Å². The molecule has 8 heteroatoms. The van der Waals surface area contributed by atoms with Crippen LogP contribution in [-0.2, 0) is 4.74 Å². The predicted octanol–water partition coefficient (Wildman–Crippen LogP) is 3.20. The van der Waals surface area contributed by atoms with E-state index in [1.807, 2.05) is 27.7 Å². The number of carbonyl (C=O) groups is 1. The summed E-state index contributed by atoms with van der Waals surface area (Å²) < 4.78 is 17.6. The summed E-state index contributed by atoms with van der Waals surface area (Å²) in [4.78, 5) is 20.5. The second-order valence-corrected chi connectivity index (χ2v) is 9.11. The van der Waals surface area contributed by atoms with E-state index in [1.165, 1.54) is 0 Å². The lowest BCUT2D eigenvalue weighted by atomic mass is 10.1. The van der Waals surface area contributed by atoms with Crippen LogP contribution < -0.4 is 9.47 Å². The molecule has 3 rings (SSSR count). The monoisotopic (exact) mass is 416 g/mol. The summed E-state index contributed by atoms with van der Waals surface area (Å²) in [6.07, 6.45) is 2.40. The van der Waals surface area contributed by atoms with Crippen molar-refractivity contribution in [2.75, 3.05) is 26.7 Å². The normalized spacial score (nSPS) is 23.1. The average molecular weight is 417 g/mol. The van der Waals surface area contributed by atoms with Crippen molar-refractivity contribution >= 4 is 6.09 Å². The topological polar surface area (TPSA) is 87.9 Å². The van der Waals surface area contributed by atoms with Gasteiger partial charge in [0.1, 0.15) is 35.3 Å². The van der Waals surface area contributed by atoms with Crippen molar-refractivity contribution in [1.82, 2.24) is 14.8 Å². The summed E-state index contributed by atoms with van der Waals surface area (Å²) in [7, 11) is 2.10. The Morgan fingerprint density at radius 1 is 1.30 bits per heavy atom. The number of amides is 1. The lowest BCUT2D eigenvalue weighted by molar-refractivity contribution is 0.0275. The van der Waals surface area contributed by atoms with Crippen LogP contribution >= 0.6 is 0 Å². The van der Waals surface area contributed by atoms with Gasteiger partial charge in [0.05, 0.1) is 6.54 Å². The third-order valence-corrected chi connectivity index (χ3v) is 5.41. The second-order valence-electron chi connectivity index (χ2n) is 9.11. The van der Waals surface area contributed by atoms with Crippen molar-refractivity contribution in [3.63, 3.8) is 0 Å². The molecule has 2 saturated heterocycles. The number of nitriles is 1. The summed E-state index contributed by atoms with van der Waals surface area (Å²) in [5, 5.41) is 9.36. The number of carbonyl (C=O) groups excluding carboxylic acids is 1. The number of nitrogens with zero attached hydrogens (tertiary/aromatic N) is 4. The minimum Gasteiger partial charge on any atom is -0.488 e. The van der Waals surface area contributed by atoms with Crippen LogP contribution in [0.1, 0.15) is 52.7 Å². The van der Waals surface area contributed by atoms with Crippen molar-refractivity contribution in [3.8, 4) is 17.7 Å². The first-order valence-electron chi connectivity index (χ1n) is 10.6. The zero-order valence-corrected chi connectivity index (χ0v) is 18.6. The molecule has 30 heavy (non-hydrogen) atoms. The van der Waals surface area contributed by atoms with Crippen LogP contribution in [0.25, 0.3) is 0 Å². The summed E-state index contributed by atoms with van der Waals surface area (Å²) in [5.74, 6) is 0.915. The van der Waals surface area contributed by atoms with Crippen molar-refractivity contribution in [1.29, 1.82) is 5.26 Å². The van der Waals surface area contributed by atoms with Gasteiger partial charge in [0.25, 0.3) is 0 Å². The molecular weight excluding hydrogens is 384 g/mol. The molecule has 164 valence electrons. The number of rotatable bonds is 5. The lowest BCUT2D eigenvalue weighted by Gasteiger charge is -2.26. The number of aromatic nitrogens is 1. The van der Waals surface area contributed by atoms with Crippen molar-refractivity contribution < 1.29 is 19.0 Å². The van der Waals surface area contributed by atoms with Gasteiger partial charge in [-0.3, -0.25) is 4.90 Å². The maximum Gasteiger partial charge on any atom is 0.410 e. The molecular formula is C22H32N4O4. The third kappa shape index (κ3) is 5.76. The van der Waals surface area contributed by atoms with E-state index in [0.717, 1.165) is 19.4 Å². The van der Waals surface area contributed by atoms with Gasteiger partial charge in [0, 0.05) is 31.1 Å². The fourth-order valence-corrected chi connectivity index (χ4v) is 3.97. The zero-order valence-electron chi connectivity index (χ0n) is 18.6. The smallest absolute Gasteiger partial charge is 0.410 e. The zero-order chi connectivity index (χ0) is 21.9. The molecule has 2 aliphatic rings. The first-order chi connectivity index (χ1) is 14.1. The third-order valence-electron chi connectivity index (χ3n) is 5.41. The highest BCUT2D eigenvalue weighted by atomic mass is 16.6. The first-order valence-corrected chi connectivity index (χ1v) is 10.6. The van der Waals surface area contributed by atoms with Crippen LogP contribution in [0.4, 0.5) is 4.79 Å². The van der Waals surface area contributed by atoms with Crippen molar-refractivity contribution in [2.24, 2.45) is 0 Å². The molecule has 0 radical (unpaired) electrons. The molecule has 1 unspecified atom stereocenters. The van der Waals surface area contributed by atoms with Crippen LogP contribution in [0.5, 0.6) is 11.6 Å². The Morgan fingerprint density at radius 3 is 2.70 bits per heavy atom. The Kier molecular flexibility index (Phi) is 6.71. The average Bonchev–Trinajstić information content (AvgIpc) is 3.29. The largest absolute Gasteiger partial charge is 0.488 e. The molecule has 0 bridgehead atoms. The Morgan fingerprint density at radius 2 is 2.07 bits per heavy atom. The molecule has 0 spiro atoms. The Balaban J connectivity index is 1.63. The molecule has 3 heterocycles. The number of hydrogen-bond acceptors (Lipinski definition) is 7. The SMILES string of the molecule is C[C@H](Oc1cc(OC2CCN(C(=O)OC(C)(C)C)C2)cc(C#N)n1)[C@@H]1CCCN1C. The summed E-state index contributed by atoms with van der Waals surface area (Å²) >= 11 is 0. The quantitative estimate of drug-likeness (QED) is 0.728. The minimum absolute atomic E-state index is 0.0408. The van der Waals surface area contributed by atoms with Gasteiger partial charge in [0.15, 0.2) is 0 Å². The molecule has 3 atom stereocenters. The Hall–Kier alpha value is -2.53. The fraction of sp³-hybridized carbons (Fsp3) is 0.682. The molecule has 1 amide bonds. The highest BCUT2D eigenvalue weighted by Crippen LogP contribution is 2.26. The molecule has 2 aliphatic heterocycles. The Labute approximate surface area is 178 Å². The van der Waals surface area contributed by atoms with Gasteiger partial charge < -0.3 is 19.1 Å². The van der Waals surface area contributed by atoms with Gasteiger partial charge in [-0.15, -0.1) is 0 Å². The minimum atomic E-state index is -0.529. The van der Waals surface area contributed by atoms with E-state index in [0.29, 0.717) is 37.2 Å². The van der Waals surface area contributed by atoms with Gasteiger partial charge in [-0.05, 0) is 54.1 Å². The van der Waals surface area contributed by atoms with E-state index in [2.05, 4.69) is 23.0 Å². The summed E-state index contributed by atoms with van der Waals surface area (Å²) in [6, 6.07) is 5.73. The molecule has 1 aromatic rings. The van der Waals surface area contributed by atoms with Gasteiger partial charge in [-0.2, -0.15) is 5.26 Å². The van der Waals surface area contributed by atoms with Gasteiger partial charge in [-0.25, -0.2) is 9.78 Å². The highest BCUT2D eigenvalue weighted by Gasteiger charge is 2.31. The van der Waals surface area contributed by atoms with E-state index in [1.54, 1.807) is 17.0 Å². The number of hydrogen-bond donors (Lipinski definition) is 0. The van der Waals surface area contributed by atoms with E-state index in [4.69, 9.17) is 14.2 Å². The van der Waals surface area contributed by atoms with E-state index in [-0.39, 0.29) is 24.0 Å². The molecule has 0 N–H and O–H groups in total. The predicted molar refractivity (Wildman–Crippen MR) is 112 cm³/mol. The standard InChI is InChI=1S/C22H32N4O4/c1-15(19-7-6-9-25(19)5)28-20-12-18(11-16(13-23)24-20)29-17-8-10-26(14-17)21(27)30-22(2,3)4/h11-12,15,17,19H,6-10,14H2,1-5H3/t15-,17?,19-/m0/s1. The van der Waals surface area contributed by atoms with Crippen LogP contribution in [0.15, 0.2) is 12.1 Å². The molecule has 0 aromatic carbocycles. The first kappa shape index (κ1) is 22.2. The van der Waals surface area contributed by atoms with E-state index < -0.39 is 5.60 Å². The maximum atomic E-state index is 12.3. The van der Waals surface area contributed by atoms with Crippen molar-refractivity contribution in [2.45, 2.75) is 70.8 Å². The van der Waals surface area contributed by atoms with E-state index >= 15 is 0 Å². The van der Waals surface area contributed by atoms with Crippen LogP contribution in [0.2, 0.25) is 0 Å². The highest BCUT2D eigenvalue weighted by molar-refractivity contribution is 5.68. The second kappa shape index (κ2) is 9.09. The number of pyridine rings is 1. The molecule has 2 fully saturated rings. The number of likely N-dealkylation sites (N-methyl/N-ethyl adjacent to an activating group) is 1. The molecule has 1 aromatic heterocycles. The number of likely N-dealkylation sites (tertiary alicyclic amines) is 2. The summed E-state index contributed by atoms with van der Waals surface area (Å²) in [5.41, 5.74) is -0.282. The fourth-order valence-electron chi connectivity index (χ4n) is 3.97. The maximum absolute atomic E-state index is 12.3. The van der Waals surface area contributed by atoms with Crippen LogP contribution in [0.3, 0.4) is 0 Å². The van der Waals surface area contributed by atoms with Crippen LogP contribution in [-0.4, -0.2) is 71.4 Å². The number of ether oxygens (including phenoxy) is 3. The molecule has 0 saturated carbocycles. The Bertz CT molecular complexity index is 801. The van der Waals surface area contributed by atoms with E-state index in [9.17, 15) is 10.1 Å². The molecule has 8 nitrogen and oxygen atoms in total. The summed E-state index contributed by atoms with van der Waals surface area (Å²) in [6.45, 7) is 9.66. The van der Waals surface area contributed by atoms with Crippen molar-refractivity contribution in [3.05, 3.63) is 17.8 Å². The molecule has 0 aliphatic carbocycles.